The Hall–Kier alpha value is -1.40. The van der Waals surface area contributed by atoms with Crippen LogP contribution in [0.2, 0.25) is 0 Å². The smallest absolute Gasteiger partial charge is 0.178 e. The first-order valence-corrected chi connectivity index (χ1v) is 8.00. The van der Waals surface area contributed by atoms with Crippen LogP contribution in [-0.4, -0.2) is 14.7 Å². The van der Waals surface area contributed by atoms with Gasteiger partial charge in [0.25, 0.3) is 0 Å². The number of rotatable bonds is 3. The van der Waals surface area contributed by atoms with Crippen molar-refractivity contribution in [2.45, 2.75) is 14.7 Å². The maximum absolute atomic E-state index is 13.7. The molecule has 2 rings (SSSR count). The molecule has 0 saturated heterocycles. The standard InChI is InChI=1S/C13H10F2O2S2/c1-19(16,17)13-7-6-11(8-12(13)15)18-10-4-2-9(14)3-5-10/h2-8H,1H3. The third kappa shape index (κ3) is 3.54. The molecule has 2 aromatic carbocycles. The Balaban J connectivity index is 2.28. The van der Waals surface area contributed by atoms with Gasteiger partial charge in [-0.3, -0.25) is 0 Å². The zero-order valence-corrected chi connectivity index (χ0v) is 11.6. The Morgan fingerprint density at radius 2 is 1.53 bits per heavy atom. The molecule has 0 aromatic heterocycles. The minimum absolute atomic E-state index is 0.323. The maximum atomic E-state index is 13.7. The topological polar surface area (TPSA) is 34.1 Å². The molecule has 2 nitrogen and oxygen atoms in total. The third-order valence-corrected chi connectivity index (χ3v) is 4.48. The van der Waals surface area contributed by atoms with Crippen molar-refractivity contribution in [1.29, 1.82) is 0 Å². The highest BCUT2D eigenvalue weighted by atomic mass is 32.2. The van der Waals surface area contributed by atoms with E-state index in [1.165, 1.54) is 36.0 Å². The lowest BCUT2D eigenvalue weighted by molar-refractivity contribution is 0.568. The van der Waals surface area contributed by atoms with Gasteiger partial charge in [0.2, 0.25) is 0 Å². The number of hydrogen-bond donors (Lipinski definition) is 0. The summed E-state index contributed by atoms with van der Waals surface area (Å²) in [5.41, 5.74) is 0. The summed E-state index contributed by atoms with van der Waals surface area (Å²) >= 11 is 1.23. The van der Waals surface area contributed by atoms with Crippen molar-refractivity contribution in [3.05, 3.63) is 54.1 Å². The minimum Gasteiger partial charge on any atom is -0.224 e. The van der Waals surface area contributed by atoms with Crippen molar-refractivity contribution in [3.8, 4) is 0 Å². The molecule has 0 saturated carbocycles. The van der Waals surface area contributed by atoms with E-state index in [1.54, 1.807) is 12.1 Å². The number of hydrogen-bond acceptors (Lipinski definition) is 3. The van der Waals surface area contributed by atoms with E-state index in [2.05, 4.69) is 0 Å². The van der Waals surface area contributed by atoms with Gasteiger partial charge in [-0.25, -0.2) is 17.2 Å². The summed E-state index contributed by atoms with van der Waals surface area (Å²) in [5.74, 6) is -1.13. The Labute approximate surface area is 114 Å². The monoisotopic (exact) mass is 300 g/mol. The molecule has 0 amide bonds. The van der Waals surface area contributed by atoms with E-state index < -0.39 is 15.7 Å². The summed E-state index contributed by atoms with van der Waals surface area (Å²) in [6, 6.07) is 9.67. The molecule has 0 aliphatic heterocycles. The molecule has 0 radical (unpaired) electrons. The highest BCUT2D eigenvalue weighted by Crippen LogP contribution is 2.29. The zero-order valence-electron chi connectivity index (χ0n) is 9.93. The first kappa shape index (κ1) is 14.0. The molecular weight excluding hydrogens is 290 g/mol. The Kier molecular flexibility index (Phi) is 3.91. The summed E-state index contributed by atoms with van der Waals surface area (Å²) in [7, 11) is -3.56. The van der Waals surface area contributed by atoms with Crippen molar-refractivity contribution in [1.82, 2.24) is 0 Å². The van der Waals surface area contributed by atoms with Gasteiger partial charge in [0.05, 0.1) is 0 Å². The molecule has 6 heteroatoms. The summed E-state index contributed by atoms with van der Waals surface area (Å²) < 4.78 is 48.9. The van der Waals surface area contributed by atoms with Crippen molar-refractivity contribution in [2.75, 3.05) is 6.26 Å². The van der Waals surface area contributed by atoms with Gasteiger partial charge in [0.15, 0.2) is 9.84 Å². The fraction of sp³-hybridized carbons (Fsp3) is 0.0769. The van der Waals surface area contributed by atoms with E-state index in [0.717, 1.165) is 17.2 Å². The summed E-state index contributed by atoms with van der Waals surface area (Å²) in [4.78, 5) is 0.973. The fourth-order valence-electron chi connectivity index (χ4n) is 1.48. The first-order chi connectivity index (χ1) is 8.86. The molecule has 0 unspecified atom stereocenters. The molecule has 0 fully saturated rings. The quantitative estimate of drug-likeness (QED) is 0.870. The summed E-state index contributed by atoms with van der Waals surface area (Å²) in [6.45, 7) is 0. The highest BCUT2D eigenvalue weighted by molar-refractivity contribution is 7.99. The van der Waals surface area contributed by atoms with Crippen LogP contribution in [-0.2, 0) is 9.84 Å². The van der Waals surface area contributed by atoms with Gasteiger partial charge >= 0.3 is 0 Å². The van der Waals surface area contributed by atoms with E-state index in [4.69, 9.17) is 0 Å². The van der Waals surface area contributed by atoms with Gasteiger partial charge in [0.1, 0.15) is 16.5 Å². The van der Waals surface area contributed by atoms with Crippen LogP contribution >= 0.6 is 11.8 Å². The molecule has 2 aromatic rings. The van der Waals surface area contributed by atoms with Gasteiger partial charge < -0.3 is 0 Å². The number of halogens is 2. The van der Waals surface area contributed by atoms with Crippen molar-refractivity contribution >= 4 is 21.6 Å². The Morgan fingerprint density at radius 1 is 0.947 bits per heavy atom. The van der Waals surface area contributed by atoms with Crippen LogP contribution in [0, 0.1) is 11.6 Å². The van der Waals surface area contributed by atoms with Crippen LogP contribution < -0.4 is 0 Å². The predicted molar refractivity (Wildman–Crippen MR) is 70.0 cm³/mol. The lowest BCUT2D eigenvalue weighted by atomic mass is 10.3. The first-order valence-electron chi connectivity index (χ1n) is 5.29. The predicted octanol–water partition coefficient (Wildman–Crippen LogP) is 3.52. The average molecular weight is 300 g/mol. The normalized spacial score (nSPS) is 11.5. The summed E-state index contributed by atoms with van der Waals surface area (Å²) in [6.07, 6.45) is 0.957. The highest BCUT2D eigenvalue weighted by Gasteiger charge is 2.14. The van der Waals surface area contributed by atoms with Crippen LogP contribution in [0.15, 0.2) is 57.2 Å². The van der Waals surface area contributed by atoms with Crippen molar-refractivity contribution < 1.29 is 17.2 Å². The van der Waals surface area contributed by atoms with Gasteiger partial charge in [-0.2, -0.15) is 0 Å². The molecule has 100 valence electrons. The lowest BCUT2D eigenvalue weighted by Crippen LogP contribution is -2.00. The van der Waals surface area contributed by atoms with Gasteiger partial charge in [0, 0.05) is 16.0 Å². The van der Waals surface area contributed by atoms with Gasteiger partial charge in [-0.15, -0.1) is 0 Å². The molecular formula is C13H10F2O2S2. The molecule has 0 aliphatic rings. The Morgan fingerprint density at radius 3 is 2.05 bits per heavy atom. The van der Waals surface area contributed by atoms with E-state index in [-0.39, 0.29) is 10.7 Å². The SMILES string of the molecule is CS(=O)(=O)c1ccc(Sc2ccc(F)cc2)cc1F. The molecule has 0 N–H and O–H groups in total. The molecule has 0 atom stereocenters. The molecule has 0 heterocycles. The van der Waals surface area contributed by atoms with Crippen LogP contribution in [0.3, 0.4) is 0 Å². The second-order valence-electron chi connectivity index (χ2n) is 3.92. The molecule has 0 spiro atoms. The van der Waals surface area contributed by atoms with Crippen LogP contribution in [0.1, 0.15) is 0 Å². The lowest BCUT2D eigenvalue weighted by Gasteiger charge is -2.05. The van der Waals surface area contributed by atoms with Crippen LogP contribution in [0.25, 0.3) is 0 Å². The van der Waals surface area contributed by atoms with Gasteiger partial charge in [-0.05, 0) is 42.5 Å². The van der Waals surface area contributed by atoms with E-state index >= 15 is 0 Å². The second kappa shape index (κ2) is 5.30. The average Bonchev–Trinajstić information content (AvgIpc) is 2.30. The fourth-order valence-corrected chi connectivity index (χ4v) is 3.06. The van der Waals surface area contributed by atoms with E-state index in [9.17, 15) is 17.2 Å². The summed E-state index contributed by atoms with van der Waals surface area (Å²) in [5, 5.41) is 0. The Bertz CT molecular complexity index is 695. The van der Waals surface area contributed by atoms with Gasteiger partial charge in [-0.1, -0.05) is 11.8 Å². The van der Waals surface area contributed by atoms with Crippen LogP contribution in [0.4, 0.5) is 8.78 Å². The van der Waals surface area contributed by atoms with Crippen LogP contribution in [0.5, 0.6) is 0 Å². The molecule has 19 heavy (non-hydrogen) atoms. The molecule has 0 bridgehead atoms. The van der Waals surface area contributed by atoms with Crippen molar-refractivity contribution in [2.24, 2.45) is 0 Å². The minimum atomic E-state index is -3.56. The molecule has 0 aliphatic carbocycles. The third-order valence-electron chi connectivity index (χ3n) is 2.35. The number of sulfone groups is 1. The van der Waals surface area contributed by atoms with E-state index in [0.29, 0.717) is 4.90 Å². The largest absolute Gasteiger partial charge is 0.224 e. The second-order valence-corrected chi connectivity index (χ2v) is 7.05. The maximum Gasteiger partial charge on any atom is 0.178 e. The zero-order chi connectivity index (χ0) is 14.0. The van der Waals surface area contributed by atoms with E-state index in [1.807, 2.05) is 0 Å². The number of benzene rings is 2. The van der Waals surface area contributed by atoms with Crippen molar-refractivity contribution in [3.63, 3.8) is 0 Å².